The summed E-state index contributed by atoms with van der Waals surface area (Å²) >= 11 is 1.71. The number of methoxy groups -OCH3 is 1. The Morgan fingerprint density at radius 2 is 2.12 bits per heavy atom. The van der Waals surface area contributed by atoms with Crippen molar-refractivity contribution in [3.63, 3.8) is 0 Å². The van der Waals surface area contributed by atoms with E-state index in [1.54, 1.807) is 18.9 Å². The molecule has 0 aromatic heterocycles. The minimum absolute atomic E-state index is 0.0277. The van der Waals surface area contributed by atoms with Crippen LogP contribution in [0.1, 0.15) is 31.0 Å². The highest BCUT2D eigenvalue weighted by Crippen LogP contribution is 2.27. The zero-order chi connectivity index (χ0) is 12.8. The molecular weight excluding hydrogens is 234 g/mol. The Labute approximate surface area is 107 Å². The van der Waals surface area contributed by atoms with Gasteiger partial charge in [0.2, 0.25) is 0 Å². The summed E-state index contributed by atoms with van der Waals surface area (Å²) in [5, 5.41) is 9.24. The predicted octanol–water partition coefficient (Wildman–Crippen LogP) is 2.33. The van der Waals surface area contributed by atoms with Crippen LogP contribution in [0.3, 0.4) is 0 Å². The van der Waals surface area contributed by atoms with Crippen LogP contribution in [-0.2, 0) is 5.75 Å². The van der Waals surface area contributed by atoms with Crippen molar-refractivity contribution in [1.29, 1.82) is 0 Å². The summed E-state index contributed by atoms with van der Waals surface area (Å²) in [6.45, 7) is 4.17. The highest BCUT2D eigenvalue weighted by atomic mass is 32.2. The maximum Gasteiger partial charge on any atom is 0.122 e. The average molecular weight is 255 g/mol. The molecule has 0 saturated heterocycles. The lowest BCUT2D eigenvalue weighted by Gasteiger charge is -2.14. The molecule has 0 aliphatic heterocycles. The first-order valence-electron chi connectivity index (χ1n) is 5.73. The first kappa shape index (κ1) is 14.4. The summed E-state index contributed by atoms with van der Waals surface area (Å²) < 4.78 is 5.33. The van der Waals surface area contributed by atoms with E-state index in [1.165, 1.54) is 0 Å². The van der Waals surface area contributed by atoms with Gasteiger partial charge in [0.05, 0.1) is 13.7 Å². The largest absolute Gasteiger partial charge is 0.496 e. The van der Waals surface area contributed by atoms with E-state index >= 15 is 0 Å². The standard InChI is InChI=1S/C13H21NO2S/c1-9(7-15)17-8-12-6-11(10(2)14)4-5-13(12)16-3/h4-6,9-10,15H,7-8,14H2,1-3H3. The van der Waals surface area contributed by atoms with Crippen LogP contribution >= 0.6 is 11.8 Å². The molecule has 1 rings (SSSR count). The van der Waals surface area contributed by atoms with Crippen LogP contribution in [0.5, 0.6) is 5.75 Å². The maximum absolute atomic E-state index is 9.01. The normalized spacial score (nSPS) is 14.4. The van der Waals surface area contributed by atoms with Gasteiger partial charge in [-0.25, -0.2) is 0 Å². The lowest BCUT2D eigenvalue weighted by molar-refractivity contribution is 0.300. The molecule has 0 aliphatic rings. The third-order valence-electron chi connectivity index (χ3n) is 2.61. The van der Waals surface area contributed by atoms with Crippen molar-refractivity contribution in [2.75, 3.05) is 13.7 Å². The molecule has 0 bridgehead atoms. The third kappa shape index (κ3) is 4.22. The SMILES string of the molecule is COc1ccc(C(C)N)cc1CSC(C)CO. The van der Waals surface area contributed by atoms with E-state index in [4.69, 9.17) is 15.6 Å². The Bertz CT molecular complexity index is 355. The molecule has 0 saturated carbocycles. The number of aliphatic hydroxyl groups excluding tert-OH is 1. The van der Waals surface area contributed by atoms with Crippen LogP contribution in [0.15, 0.2) is 18.2 Å². The summed E-state index contributed by atoms with van der Waals surface area (Å²) in [6.07, 6.45) is 0. The second-order valence-electron chi connectivity index (χ2n) is 4.16. The van der Waals surface area contributed by atoms with Crippen LogP contribution < -0.4 is 10.5 Å². The van der Waals surface area contributed by atoms with Crippen molar-refractivity contribution in [1.82, 2.24) is 0 Å². The van der Waals surface area contributed by atoms with Crippen molar-refractivity contribution >= 4 is 11.8 Å². The summed E-state index contributed by atoms with van der Waals surface area (Å²) in [5.74, 6) is 1.71. The highest BCUT2D eigenvalue weighted by molar-refractivity contribution is 7.99. The van der Waals surface area contributed by atoms with Gasteiger partial charge in [0.15, 0.2) is 0 Å². The number of hydrogen-bond donors (Lipinski definition) is 2. The van der Waals surface area contributed by atoms with E-state index in [9.17, 15) is 0 Å². The molecule has 2 unspecified atom stereocenters. The molecule has 3 nitrogen and oxygen atoms in total. The van der Waals surface area contributed by atoms with Gasteiger partial charge < -0.3 is 15.6 Å². The molecule has 0 fully saturated rings. The minimum atomic E-state index is 0.0277. The molecule has 4 heteroatoms. The van der Waals surface area contributed by atoms with Gasteiger partial charge in [-0.3, -0.25) is 0 Å². The van der Waals surface area contributed by atoms with E-state index in [2.05, 4.69) is 6.07 Å². The monoisotopic (exact) mass is 255 g/mol. The topological polar surface area (TPSA) is 55.5 Å². The maximum atomic E-state index is 9.01. The van der Waals surface area contributed by atoms with E-state index in [-0.39, 0.29) is 17.9 Å². The van der Waals surface area contributed by atoms with Crippen molar-refractivity contribution in [2.45, 2.75) is 30.9 Å². The van der Waals surface area contributed by atoms with Crippen LogP contribution in [0.4, 0.5) is 0 Å². The second-order valence-corrected chi connectivity index (χ2v) is 5.59. The van der Waals surface area contributed by atoms with Gasteiger partial charge in [0.1, 0.15) is 5.75 Å². The first-order chi connectivity index (χ1) is 8.08. The van der Waals surface area contributed by atoms with Gasteiger partial charge in [-0.1, -0.05) is 13.0 Å². The third-order valence-corrected chi connectivity index (χ3v) is 3.81. The smallest absolute Gasteiger partial charge is 0.122 e. The Kier molecular flexibility index (Phi) is 5.82. The lowest BCUT2D eigenvalue weighted by atomic mass is 10.1. The van der Waals surface area contributed by atoms with Crippen molar-refractivity contribution < 1.29 is 9.84 Å². The van der Waals surface area contributed by atoms with E-state index < -0.39 is 0 Å². The molecule has 0 radical (unpaired) electrons. The number of ether oxygens (including phenoxy) is 1. The van der Waals surface area contributed by atoms with E-state index in [0.717, 1.165) is 22.6 Å². The number of nitrogens with two attached hydrogens (primary N) is 1. The molecule has 1 aromatic carbocycles. The molecule has 0 heterocycles. The van der Waals surface area contributed by atoms with Gasteiger partial charge in [0, 0.05) is 22.6 Å². The fourth-order valence-electron chi connectivity index (χ4n) is 1.48. The fraction of sp³-hybridized carbons (Fsp3) is 0.538. The molecule has 0 aliphatic carbocycles. The highest BCUT2D eigenvalue weighted by Gasteiger charge is 2.09. The Hall–Kier alpha value is -0.710. The van der Waals surface area contributed by atoms with Crippen molar-refractivity contribution in [2.24, 2.45) is 5.73 Å². The number of benzene rings is 1. The average Bonchev–Trinajstić information content (AvgIpc) is 2.35. The second kappa shape index (κ2) is 6.89. The van der Waals surface area contributed by atoms with Crippen molar-refractivity contribution in [3.8, 4) is 5.75 Å². The quantitative estimate of drug-likeness (QED) is 0.819. The predicted molar refractivity (Wildman–Crippen MR) is 73.4 cm³/mol. The summed E-state index contributed by atoms with van der Waals surface area (Å²) in [4.78, 5) is 0. The molecular formula is C13H21NO2S. The Morgan fingerprint density at radius 1 is 1.41 bits per heavy atom. The first-order valence-corrected chi connectivity index (χ1v) is 6.78. The van der Waals surface area contributed by atoms with Crippen LogP contribution in [0, 0.1) is 0 Å². The summed E-state index contributed by atoms with van der Waals surface area (Å²) in [5.41, 5.74) is 8.11. The van der Waals surface area contributed by atoms with Gasteiger partial charge in [-0.05, 0) is 24.6 Å². The molecule has 2 atom stereocenters. The zero-order valence-electron chi connectivity index (χ0n) is 10.6. The molecule has 17 heavy (non-hydrogen) atoms. The van der Waals surface area contributed by atoms with E-state index in [1.807, 2.05) is 26.0 Å². The number of aliphatic hydroxyl groups is 1. The van der Waals surface area contributed by atoms with Crippen LogP contribution in [0.2, 0.25) is 0 Å². The van der Waals surface area contributed by atoms with Crippen LogP contribution in [0.25, 0.3) is 0 Å². The molecule has 0 spiro atoms. The number of rotatable bonds is 6. The zero-order valence-corrected chi connectivity index (χ0v) is 11.5. The van der Waals surface area contributed by atoms with E-state index in [0.29, 0.717) is 0 Å². The minimum Gasteiger partial charge on any atom is -0.496 e. The molecule has 1 aromatic rings. The fourth-order valence-corrected chi connectivity index (χ4v) is 2.27. The lowest BCUT2D eigenvalue weighted by Crippen LogP contribution is -2.07. The Balaban J connectivity index is 2.82. The number of thioether (sulfide) groups is 1. The van der Waals surface area contributed by atoms with Gasteiger partial charge in [0.25, 0.3) is 0 Å². The van der Waals surface area contributed by atoms with Gasteiger partial charge in [-0.2, -0.15) is 11.8 Å². The number of hydrogen-bond acceptors (Lipinski definition) is 4. The van der Waals surface area contributed by atoms with Crippen molar-refractivity contribution in [3.05, 3.63) is 29.3 Å². The Morgan fingerprint density at radius 3 is 2.65 bits per heavy atom. The molecule has 3 N–H and O–H groups in total. The van der Waals surface area contributed by atoms with Gasteiger partial charge >= 0.3 is 0 Å². The summed E-state index contributed by atoms with van der Waals surface area (Å²) in [7, 11) is 1.67. The van der Waals surface area contributed by atoms with Crippen LogP contribution in [-0.4, -0.2) is 24.1 Å². The van der Waals surface area contributed by atoms with Gasteiger partial charge in [-0.15, -0.1) is 0 Å². The molecule has 0 amide bonds. The molecule has 96 valence electrons. The summed E-state index contributed by atoms with van der Waals surface area (Å²) in [6, 6.07) is 6.06.